The molecule has 0 bridgehead atoms. The van der Waals surface area contributed by atoms with Crippen LogP contribution in [0.25, 0.3) is 11.1 Å². The fourth-order valence-corrected chi connectivity index (χ4v) is 4.55. The van der Waals surface area contributed by atoms with Crippen molar-refractivity contribution in [1.29, 1.82) is 0 Å². The van der Waals surface area contributed by atoms with Gasteiger partial charge in [-0.3, -0.25) is 4.79 Å². The molecular weight excluding hydrogens is 436 g/mol. The van der Waals surface area contributed by atoms with Crippen molar-refractivity contribution >= 4 is 18.0 Å². The highest BCUT2D eigenvalue weighted by Gasteiger charge is 2.33. The summed E-state index contributed by atoms with van der Waals surface area (Å²) in [4.78, 5) is 36.5. The molecule has 0 aromatic heterocycles. The number of benzene rings is 2. The Hall–Kier alpha value is -3.39. The second kappa shape index (κ2) is 10.3. The molecule has 34 heavy (non-hydrogen) atoms. The number of aliphatic hydroxyl groups is 1. The maximum atomic E-state index is 12.7. The fraction of sp³-hybridized carbons (Fsp3) is 0.423. The molecule has 4 rings (SSSR count). The Labute approximate surface area is 198 Å². The van der Waals surface area contributed by atoms with Gasteiger partial charge in [0.15, 0.2) is 6.04 Å². The standard InChI is InChI=1S/C26H30N2O6/c1-15(29)23(25(31)32)28-24(30)17(12-16-10-11-16)13-27-26(33)34-14-22-20-8-4-2-6-18(20)19-7-3-5-9-21(19)22/h2-9,15-17,22-23,29H,10-14H2,1H3,(H,27,33)(H,28,30)(H,31,32)/t15-,17?,23+/m1/s1. The molecular formula is C26H30N2O6. The van der Waals surface area contributed by atoms with Crippen LogP contribution in [-0.2, 0) is 14.3 Å². The first-order valence-electron chi connectivity index (χ1n) is 11.6. The first-order valence-corrected chi connectivity index (χ1v) is 11.6. The molecule has 2 aliphatic rings. The predicted octanol–water partition coefficient (Wildman–Crippen LogP) is 2.89. The number of carboxylic acid groups (broad SMARTS) is 1. The van der Waals surface area contributed by atoms with E-state index in [4.69, 9.17) is 4.74 Å². The van der Waals surface area contributed by atoms with Crippen LogP contribution < -0.4 is 10.6 Å². The summed E-state index contributed by atoms with van der Waals surface area (Å²) in [6.07, 6.45) is 0.696. The van der Waals surface area contributed by atoms with E-state index in [9.17, 15) is 24.6 Å². The number of aliphatic carboxylic acids is 1. The lowest BCUT2D eigenvalue weighted by atomic mass is 9.98. The van der Waals surface area contributed by atoms with Gasteiger partial charge >= 0.3 is 12.1 Å². The smallest absolute Gasteiger partial charge is 0.407 e. The summed E-state index contributed by atoms with van der Waals surface area (Å²) < 4.78 is 5.53. The molecule has 2 aromatic rings. The molecule has 0 aliphatic heterocycles. The zero-order valence-electron chi connectivity index (χ0n) is 19.1. The number of nitrogens with one attached hydrogen (secondary N) is 2. The van der Waals surface area contributed by atoms with Crippen molar-refractivity contribution in [2.24, 2.45) is 11.8 Å². The van der Waals surface area contributed by atoms with Crippen molar-refractivity contribution in [2.45, 2.75) is 44.2 Å². The van der Waals surface area contributed by atoms with E-state index in [1.54, 1.807) is 0 Å². The molecule has 180 valence electrons. The van der Waals surface area contributed by atoms with Crippen LogP contribution in [0.1, 0.15) is 43.2 Å². The third-order valence-corrected chi connectivity index (χ3v) is 6.57. The summed E-state index contributed by atoms with van der Waals surface area (Å²) in [5.74, 6) is -2.09. The first-order chi connectivity index (χ1) is 16.3. The van der Waals surface area contributed by atoms with Crippen molar-refractivity contribution in [3.8, 4) is 11.1 Å². The van der Waals surface area contributed by atoms with E-state index in [2.05, 4.69) is 22.8 Å². The van der Waals surface area contributed by atoms with Crippen LogP contribution in [0.5, 0.6) is 0 Å². The van der Waals surface area contributed by atoms with E-state index in [1.807, 2.05) is 36.4 Å². The quantitative estimate of drug-likeness (QED) is 0.427. The Bertz CT molecular complexity index is 1020. The van der Waals surface area contributed by atoms with Crippen LogP contribution in [0, 0.1) is 11.8 Å². The van der Waals surface area contributed by atoms with Gasteiger partial charge in [0.2, 0.25) is 5.91 Å². The van der Waals surface area contributed by atoms with E-state index in [0.717, 1.165) is 35.1 Å². The summed E-state index contributed by atoms with van der Waals surface area (Å²) in [6.45, 7) is 1.51. The minimum Gasteiger partial charge on any atom is -0.480 e. The summed E-state index contributed by atoms with van der Waals surface area (Å²) in [7, 11) is 0. The number of carboxylic acids is 1. The molecule has 2 amide bonds. The van der Waals surface area contributed by atoms with Crippen molar-refractivity contribution in [3.05, 3.63) is 59.7 Å². The van der Waals surface area contributed by atoms with Gasteiger partial charge in [0.1, 0.15) is 6.61 Å². The van der Waals surface area contributed by atoms with Crippen molar-refractivity contribution in [3.63, 3.8) is 0 Å². The number of hydrogen-bond acceptors (Lipinski definition) is 5. The third-order valence-electron chi connectivity index (χ3n) is 6.57. The largest absolute Gasteiger partial charge is 0.480 e. The number of hydrogen-bond donors (Lipinski definition) is 4. The highest BCUT2D eigenvalue weighted by molar-refractivity contribution is 5.86. The number of alkyl carbamates (subject to hydrolysis) is 1. The number of amides is 2. The molecule has 2 aliphatic carbocycles. The van der Waals surface area contributed by atoms with Gasteiger partial charge in [-0.05, 0) is 41.5 Å². The Morgan fingerprint density at radius 1 is 1.03 bits per heavy atom. The van der Waals surface area contributed by atoms with Crippen molar-refractivity contribution in [2.75, 3.05) is 13.2 Å². The number of rotatable bonds is 10. The molecule has 0 spiro atoms. The lowest BCUT2D eigenvalue weighted by Crippen LogP contribution is -2.51. The van der Waals surface area contributed by atoms with Gasteiger partial charge in [-0.15, -0.1) is 0 Å². The van der Waals surface area contributed by atoms with Crippen molar-refractivity contribution in [1.82, 2.24) is 10.6 Å². The molecule has 1 saturated carbocycles. The zero-order chi connectivity index (χ0) is 24.2. The topological polar surface area (TPSA) is 125 Å². The van der Waals surface area contributed by atoms with Gasteiger partial charge in [0, 0.05) is 12.5 Å². The van der Waals surface area contributed by atoms with Crippen LogP contribution in [0.15, 0.2) is 48.5 Å². The molecule has 1 fully saturated rings. The number of ether oxygens (including phenoxy) is 1. The maximum absolute atomic E-state index is 12.7. The second-order valence-electron chi connectivity index (χ2n) is 9.15. The third kappa shape index (κ3) is 5.39. The van der Waals surface area contributed by atoms with Gasteiger partial charge in [0.25, 0.3) is 0 Å². The zero-order valence-corrected chi connectivity index (χ0v) is 19.1. The summed E-state index contributed by atoms with van der Waals surface area (Å²) in [5.41, 5.74) is 4.50. The number of carbonyl (C=O) groups excluding carboxylic acids is 2. The van der Waals surface area contributed by atoms with Crippen LogP contribution in [0.4, 0.5) is 4.79 Å². The Morgan fingerprint density at radius 3 is 2.15 bits per heavy atom. The van der Waals surface area contributed by atoms with E-state index < -0.39 is 36.0 Å². The molecule has 3 atom stereocenters. The molecule has 4 N–H and O–H groups in total. The van der Waals surface area contributed by atoms with Crippen LogP contribution in [-0.4, -0.2) is 53.5 Å². The molecule has 8 heteroatoms. The van der Waals surface area contributed by atoms with E-state index in [1.165, 1.54) is 6.92 Å². The average Bonchev–Trinajstić information content (AvgIpc) is 3.59. The Morgan fingerprint density at radius 2 is 1.62 bits per heavy atom. The van der Waals surface area contributed by atoms with Gasteiger partial charge in [-0.25, -0.2) is 9.59 Å². The van der Waals surface area contributed by atoms with Gasteiger partial charge < -0.3 is 25.6 Å². The SMILES string of the molecule is C[C@@H](O)[C@H](NC(=O)C(CNC(=O)OCC1c2ccccc2-c2ccccc21)CC1CC1)C(=O)O. The first kappa shape index (κ1) is 23.8. The summed E-state index contributed by atoms with van der Waals surface area (Å²) in [5, 5.41) is 23.9. The number of aliphatic hydroxyl groups excluding tert-OH is 1. The fourth-order valence-electron chi connectivity index (χ4n) is 4.55. The molecule has 0 heterocycles. The minimum absolute atomic E-state index is 0.0329. The molecule has 8 nitrogen and oxygen atoms in total. The minimum atomic E-state index is -1.40. The van der Waals surface area contributed by atoms with E-state index in [0.29, 0.717) is 12.3 Å². The van der Waals surface area contributed by atoms with Crippen LogP contribution in [0.3, 0.4) is 0 Å². The maximum Gasteiger partial charge on any atom is 0.407 e. The Balaban J connectivity index is 1.35. The van der Waals surface area contributed by atoms with Gasteiger partial charge in [-0.2, -0.15) is 0 Å². The Kier molecular flexibility index (Phi) is 7.17. The van der Waals surface area contributed by atoms with E-state index >= 15 is 0 Å². The van der Waals surface area contributed by atoms with Crippen LogP contribution in [0.2, 0.25) is 0 Å². The average molecular weight is 467 g/mol. The molecule has 0 saturated heterocycles. The molecule has 1 unspecified atom stereocenters. The number of carbonyl (C=O) groups is 3. The van der Waals surface area contributed by atoms with Gasteiger partial charge in [-0.1, -0.05) is 61.4 Å². The normalized spacial score (nSPS) is 17.1. The van der Waals surface area contributed by atoms with E-state index in [-0.39, 0.29) is 19.1 Å². The lowest BCUT2D eigenvalue weighted by molar-refractivity contribution is -0.145. The lowest BCUT2D eigenvalue weighted by Gasteiger charge is -2.22. The predicted molar refractivity (Wildman–Crippen MR) is 125 cm³/mol. The van der Waals surface area contributed by atoms with Gasteiger partial charge in [0.05, 0.1) is 12.0 Å². The highest BCUT2D eigenvalue weighted by Crippen LogP contribution is 2.44. The monoisotopic (exact) mass is 466 g/mol. The van der Waals surface area contributed by atoms with Crippen molar-refractivity contribution < 1.29 is 29.3 Å². The second-order valence-corrected chi connectivity index (χ2v) is 9.15. The summed E-state index contributed by atoms with van der Waals surface area (Å²) in [6, 6.07) is 14.7. The highest BCUT2D eigenvalue weighted by atomic mass is 16.5. The number of fused-ring (bicyclic) bond motifs is 3. The molecule has 0 radical (unpaired) electrons. The summed E-state index contributed by atoms with van der Waals surface area (Å²) >= 11 is 0. The van der Waals surface area contributed by atoms with Crippen LogP contribution >= 0.6 is 0 Å². The molecule has 2 aromatic carbocycles.